The van der Waals surface area contributed by atoms with E-state index in [4.69, 9.17) is 10.2 Å². The highest BCUT2D eigenvalue weighted by Crippen LogP contribution is 2.35. The monoisotopic (exact) mass is 360 g/mol. The zero-order valence-electron chi connectivity index (χ0n) is 14.0. The number of anilines is 2. The lowest BCUT2D eigenvalue weighted by molar-refractivity contribution is 0.465. The standard InChI is InChI=1S/C16H17FN6OS/c1-9(13-20-14(18)22-15(21-13)23(2)3)25-16-19-8-12(24-16)10-4-6-11(17)7-5-10/h4-9H,1-3H3,(H2,18,20,21,22)/t9-/m1/s1. The molecule has 0 aliphatic heterocycles. The number of nitrogen functional groups attached to an aromatic ring is 1. The second kappa shape index (κ2) is 7.06. The molecule has 1 aromatic carbocycles. The first-order chi connectivity index (χ1) is 11.9. The van der Waals surface area contributed by atoms with Gasteiger partial charge in [0.2, 0.25) is 11.9 Å². The van der Waals surface area contributed by atoms with Gasteiger partial charge in [-0.05, 0) is 31.2 Å². The van der Waals surface area contributed by atoms with E-state index in [0.29, 0.717) is 22.8 Å². The van der Waals surface area contributed by atoms with E-state index >= 15 is 0 Å². The Balaban J connectivity index is 1.77. The number of nitrogens with two attached hydrogens (primary N) is 1. The van der Waals surface area contributed by atoms with Crippen molar-refractivity contribution in [1.29, 1.82) is 0 Å². The molecular weight excluding hydrogens is 343 g/mol. The third-order valence-electron chi connectivity index (χ3n) is 3.31. The molecule has 25 heavy (non-hydrogen) atoms. The molecule has 0 spiro atoms. The molecule has 0 aliphatic rings. The molecule has 7 nitrogen and oxygen atoms in total. The first-order valence-corrected chi connectivity index (χ1v) is 8.37. The van der Waals surface area contributed by atoms with Crippen molar-refractivity contribution in [3.8, 4) is 11.3 Å². The van der Waals surface area contributed by atoms with Gasteiger partial charge in [0.05, 0.1) is 11.4 Å². The van der Waals surface area contributed by atoms with Crippen LogP contribution in [0.25, 0.3) is 11.3 Å². The minimum atomic E-state index is -0.296. The highest BCUT2D eigenvalue weighted by molar-refractivity contribution is 7.99. The molecule has 9 heteroatoms. The average molecular weight is 360 g/mol. The van der Waals surface area contributed by atoms with Crippen molar-refractivity contribution < 1.29 is 8.81 Å². The van der Waals surface area contributed by atoms with Crippen molar-refractivity contribution in [2.75, 3.05) is 24.7 Å². The summed E-state index contributed by atoms with van der Waals surface area (Å²) in [4.78, 5) is 18.7. The van der Waals surface area contributed by atoms with Crippen molar-refractivity contribution in [1.82, 2.24) is 19.9 Å². The maximum Gasteiger partial charge on any atom is 0.256 e. The molecule has 3 rings (SSSR count). The fourth-order valence-corrected chi connectivity index (χ4v) is 2.81. The van der Waals surface area contributed by atoms with Gasteiger partial charge in [0.15, 0.2) is 5.76 Å². The number of oxazole rings is 1. The Bertz CT molecular complexity index is 867. The second-order valence-corrected chi connectivity index (χ2v) is 6.80. The van der Waals surface area contributed by atoms with E-state index in [1.54, 1.807) is 23.2 Å². The highest BCUT2D eigenvalue weighted by atomic mass is 32.2. The molecule has 0 saturated carbocycles. The minimum Gasteiger partial charge on any atom is -0.431 e. The number of halogens is 1. The van der Waals surface area contributed by atoms with Gasteiger partial charge in [-0.25, -0.2) is 9.37 Å². The van der Waals surface area contributed by atoms with Crippen LogP contribution in [0.3, 0.4) is 0 Å². The zero-order chi connectivity index (χ0) is 18.0. The fourth-order valence-electron chi connectivity index (χ4n) is 2.04. The van der Waals surface area contributed by atoms with E-state index in [9.17, 15) is 4.39 Å². The van der Waals surface area contributed by atoms with Crippen molar-refractivity contribution in [3.05, 3.63) is 42.1 Å². The molecule has 2 heterocycles. The van der Waals surface area contributed by atoms with Crippen LogP contribution in [0.15, 0.2) is 40.1 Å². The van der Waals surface area contributed by atoms with Crippen LogP contribution in [-0.4, -0.2) is 34.0 Å². The van der Waals surface area contributed by atoms with Gasteiger partial charge in [-0.15, -0.1) is 0 Å². The van der Waals surface area contributed by atoms with E-state index < -0.39 is 0 Å². The molecule has 1 atom stereocenters. The van der Waals surface area contributed by atoms with Crippen LogP contribution in [0.5, 0.6) is 0 Å². The smallest absolute Gasteiger partial charge is 0.256 e. The Morgan fingerprint density at radius 2 is 1.88 bits per heavy atom. The van der Waals surface area contributed by atoms with Crippen molar-refractivity contribution in [2.45, 2.75) is 17.4 Å². The lowest BCUT2D eigenvalue weighted by Gasteiger charge is -2.13. The molecule has 0 amide bonds. The van der Waals surface area contributed by atoms with Crippen LogP contribution in [0.1, 0.15) is 18.0 Å². The lowest BCUT2D eigenvalue weighted by Crippen LogP contribution is -2.16. The van der Waals surface area contributed by atoms with Crippen molar-refractivity contribution in [2.24, 2.45) is 0 Å². The Morgan fingerprint density at radius 3 is 2.56 bits per heavy atom. The van der Waals surface area contributed by atoms with Crippen molar-refractivity contribution in [3.63, 3.8) is 0 Å². The summed E-state index contributed by atoms with van der Waals surface area (Å²) in [6.07, 6.45) is 1.61. The second-order valence-electron chi connectivity index (χ2n) is 5.50. The van der Waals surface area contributed by atoms with Crippen LogP contribution in [0.4, 0.5) is 16.3 Å². The molecule has 0 aliphatic carbocycles. The summed E-state index contributed by atoms with van der Waals surface area (Å²) in [6.45, 7) is 1.93. The summed E-state index contributed by atoms with van der Waals surface area (Å²) in [5.41, 5.74) is 6.51. The van der Waals surface area contributed by atoms with Gasteiger partial charge in [0, 0.05) is 19.7 Å². The summed E-state index contributed by atoms with van der Waals surface area (Å²) < 4.78 is 18.7. The molecule has 2 N–H and O–H groups in total. The van der Waals surface area contributed by atoms with E-state index in [0.717, 1.165) is 5.56 Å². The lowest BCUT2D eigenvalue weighted by atomic mass is 10.2. The number of hydrogen-bond donors (Lipinski definition) is 1. The van der Waals surface area contributed by atoms with E-state index in [-0.39, 0.29) is 17.0 Å². The van der Waals surface area contributed by atoms with Crippen LogP contribution in [0.2, 0.25) is 0 Å². The van der Waals surface area contributed by atoms with Gasteiger partial charge in [0.1, 0.15) is 11.6 Å². The van der Waals surface area contributed by atoms with Gasteiger partial charge in [0.25, 0.3) is 5.22 Å². The number of nitrogens with zero attached hydrogens (tertiary/aromatic N) is 5. The van der Waals surface area contributed by atoms with E-state index in [2.05, 4.69) is 19.9 Å². The number of rotatable bonds is 5. The predicted octanol–water partition coefficient (Wildman–Crippen LogP) is 3.17. The molecule has 0 radical (unpaired) electrons. The Labute approximate surface area is 148 Å². The third-order valence-corrected chi connectivity index (χ3v) is 4.27. The van der Waals surface area contributed by atoms with Gasteiger partial charge >= 0.3 is 0 Å². The molecule has 3 aromatic rings. The molecule has 0 saturated heterocycles. The average Bonchev–Trinajstić information content (AvgIpc) is 3.03. The first kappa shape index (κ1) is 17.2. The Morgan fingerprint density at radius 1 is 1.16 bits per heavy atom. The number of hydrogen-bond acceptors (Lipinski definition) is 8. The Kier molecular flexibility index (Phi) is 4.84. The van der Waals surface area contributed by atoms with Crippen LogP contribution < -0.4 is 10.6 Å². The molecule has 0 bridgehead atoms. The Hall–Kier alpha value is -2.68. The van der Waals surface area contributed by atoms with E-state index in [1.807, 2.05) is 21.0 Å². The predicted molar refractivity (Wildman–Crippen MR) is 94.7 cm³/mol. The van der Waals surface area contributed by atoms with Gasteiger partial charge < -0.3 is 15.1 Å². The highest BCUT2D eigenvalue weighted by Gasteiger charge is 2.17. The normalized spacial score (nSPS) is 12.2. The summed E-state index contributed by atoms with van der Waals surface area (Å²) in [5, 5.41) is 0.334. The summed E-state index contributed by atoms with van der Waals surface area (Å²) in [5.74, 6) is 1.48. The summed E-state index contributed by atoms with van der Waals surface area (Å²) >= 11 is 1.37. The maximum absolute atomic E-state index is 13.0. The molecule has 0 unspecified atom stereocenters. The third kappa shape index (κ3) is 4.05. The minimum absolute atomic E-state index is 0.135. The van der Waals surface area contributed by atoms with Gasteiger partial charge in [-0.2, -0.15) is 15.0 Å². The van der Waals surface area contributed by atoms with Gasteiger partial charge in [-0.1, -0.05) is 11.8 Å². The largest absolute Gasteiger partial charge is 0.431 e. The molecular formula is C16H17FN6OS. The number of thioether (sulfide) groups is 1. The van der Waals surface area contributed by atoms with Crippen LogP contribution >= 0.6 is 11.8 Å². The van der Waals surface area contributed by atoms with Crippen LogP contribution in [-0.2, 0) is 0 Å². The zero-order valence-corrected chi connectivity index (χ0v) is 14.8. The first-order valence-electron chi connectivity index (χ1n) is 7.49. The number of benzene rings is 1. The maximum atomic E-state index is 13.0. The summed E-state index contributed by atoms with van der Waals surface area (Å²) in [6, 6.07) is 6.04. The quantitative estimate of drug-likeness (QED) is 0.694. The fraction of sp³-hybridized carbons (Fsp3) is 0.250. The molecule has 0 fully saturated rings. The summed E-state index contributed by atoms with van der Waals surface area (Å²) in [7, 11) is 3.67. The van der Waals surface area contributed by atoms with Crippen LogP contribution in [0, 0.1) is 5.82 Å². The topological polar surface area (TPSA) is 94.0 Å². The van der Waals surface area contributed by atoms with Gasteiger partial charge in [-0.3, -0.25) is 0 Å². The number of aromatic nitrogens is 4. The SMILES string of the molecule is C[C@@H](Sc1ncc(-c2ccc(F)cc2)o1)c1nc(N)nc(N(C)C)n1. The molecule has 2 aromatic heterocycles. The van der Waals surface area contributed by atoms with Crippen molar-refractivity contribution >= 4 is 23.7 Å². The molecule has 130 valence electrons. The van der Waals surface area contributed by atoms with E-state index in [1.165, 1.54) is 23.9 Å².